The molecule has 23 heavy (non-hydrogen) atoms. The van der Waals surface area contributed by atoms with Gasteiger partial charge in [-0.25, -0.2) is 0 Å². The second-order valence-corrected chi connectivity index (χ2v) is 6.32. The van der Waals surface area contributed by atoms with Gasteiger partial charge in [-0.05, 0) is 37.1 Å². The van der Waals surface area contributed by atoms with Crippen LogP contribution in [0.2, 0.25) is 5.02 Å². The molecule has 3 nitrogen and oxygen atoms in total. The molecule has 0 bridgehead atoms. The van der Waals surface area contributed by atoms with Gasteiger partial charge in [-0.3, -0.25) is 9.69 Å². The monoisotopic (exact) mass is 330 g/mol. The number of benzene rings is 2. The fourth-order valence-corrected chi connectivity index (χ4v) is 2.41. The quantitative estimate of drug-likeness (QED) is 0.836. The van der Waals surface area contributed by atoms with Crippen molar-refractivity contribution in [3.63, 3.8) is 0 Å². The molecule has 0 spiro atoms. The molecule has 0 aliphatic rings. The summed E-state index contributed by atoms with van der Waals surface area (Å²) in [7, 11) is 0. The van der Waals surface area contributed by atoms with Gasteiger partial charge in [0.05, 0.1) is 6.54 Å². The molecule has 1 N–H and O–H groups in total. The minimum absolute atomic E-state index is 0.0320. The summed E-state index contributed by atoms with van der Waals surface area (Å²) in [4.78, 5) is 14.4. The van der Waals surface area contributed by atoms with Gasteiger partial charge in [-0.15, -0.1) is 0 Å². The molecular formula is C19H23ClN2O. The van der Waals surface area contributed by atoms with Crippen LogP contribution in [-0.4, -0.2) is 23.4 Å². The highest BCUT2D eigenvalue weighted by molar-refractivity contribution is 6.30. The fraction of sp³-hybridized carbons (Fsp3) is 0.316. The van der Waals surface area contributed by atoms with Crippen molar-refractivity contribution in [3.05, 3.63) is 70.7 Å². The first-order valence-corrected chi connectivity index (χ1v) is 8.21. The van der Waals surface area contributed by atoms with E-state index in [2.05, 4.69) is 36.2 Å². The number of amides is 1. The zero-order chi connectivity index (χ0) is 16.7. The summed E-state index contributed by atoms with van der Waals surface area (Å²) in [6, 6.07) is 18.0. The largest absolute Gasteiger partial charge is 0.351 e. The molecule has 2 rings (SSSR count). The van der Waals surface area contributed by atoms with E-state index in [0.29, 0.717) is 24.2 Å². The first kappa shape index (κ1) is 17.5. The number of nitrogens with zero attached hydrogens (tertiary/aromatic N) is 1. The maximum Gasteiger partial charge on any atom is 0.234 e. The summed E-state index contributed by atoms with van der Waals surface area (Å²) in [5, 5.41) is 3.67. The Bertz CT molecular complexity index is 611. The summed E-state index contributed by atoms with van der Waals surface area (Å²) in [6.07, 6.45) is 0. The Labute approximate surface area is 143 Å². The molecule has 0 heterocycles. The van der Waals surface area contributed by atoms with Crippen molar-refractivity contribution in [1.82, 2.24) is 10.2 Å². The number of carbonyl (C=O) groups excluding carboxylic acids is 1. The molecular weight excluding hydrogens is 308 g/mol. The van der Waals surface area contributed by atoms with E-state index in [9.17, 15) is 4.79 Å². The lowest BCUT2D eigenvalue weighted by Gasteiger charge is -2.26. The number of hydrogen-bond acceptors (Lipinski definition) is 2. The van der Waals surface area contributed by atoms with Gasteiger partial charge in [-0.2, -0.15) is 0 Å². The Morgan fingerprint density at radius 2 is 1.70 bits per heavy atom. The third-order valence-corrected chi connectivity index (χ3v) is 3.96. The predicted molar refractivity (Wildman–Crippen MR) is 95.3 cm³/mol. The smallest absolute Gasteiger partial charge is 0.234 e. The molecule has 122 valence electrons. The van der Waals surface area contributed by atoms with Crippen LogP contribution in [0.15, 0.2) is 54.6 Å². The highest BCUT2D eigenvalue weighted by Gasteiger charge is 2.14. The summed E-state index contributed by atoms with van der Waals surface area (Å²) in [5.74, 6) is 0.0320. The van der Waals surface area contributed by atoms with Crippen molar-refractivity contribution < 1.29 is 4.79 Å². The van der Waals surface area contributed by atoms with Gasteiger partial charge < -0.3 is 5.32 Å². The zero-order valence-corrected chi connectivity index (χ0v) is 14.4. The number of nitrogens with one attached hydrogen (secondary N) is 1. The summed E-state index contributed by atoms with van der Waals surface area (Å²) >= 11 is 5.86. The van der Waals surface area contributed by atoms with E-state index >= 15 is 0 Å². The molecule has 0 fully saturated rings. The number of hydrogen-bond donors (Lipinski definition) is 1. The van der Waals surface area contributed by atoms with E-state index < -0.39 is 0 Å². The van der Waals surface area contributed by atoms with Crippen molar-refractivity contribution in [2.75, 3.05) is 6.54 Å². The Morgan fingerprint density at radius 1 is 1.04 bits per heavy atom. The Hall–Kier alpha value is -1.84. The number of rotatable bonds is 7. The molecule has 0 unspecified atom stereocenters. The molecule has 0 radical (unpaired) electrons. The second kappa shape index (κ2) is 8.70. The zero-order valence-electron chi connectivity index (χ0n) is 13.6. The normalized spacial score (nSPS) is 11.0. The van der Waals surface area contributed by atoms with Crippen molar-refractivity contribution in [1.29, 1.82) is 0 Å². The Kier molecular flexibility index (Phi) is 6.63. The summed E-state index contributed by atoms with van der Waals surface area (Å²) in [6.45, 7) is 5.89. The summed E-state index contributed by atoms with van der Waals surface area (Å²) < 4.78 is 0. The molecule has 0 saturated carbocycles. The molecule has 0 aliphatic carbocycles. The average molecular weight is 331 g/mol. The molecule has 1 amide bonds. The molecule has 2 aromatic rings. The van der Waals surface area contributed by atoms with Crippen LogP contribution < -0.4 is 5.32 Å². The highest BCUT2D eigenvalue weighted by Crippen LogP contribution is 2.10. The van der Waals surface area contributed by atoms with E-state index in [1.54, 1.807) is 0 Å². The molecule has 0 aromatic heterocycles. The highest BCUT2D eigenvalue weighted by atomic mass is 35.5. The van der Waals surface area contributed by atoms with Crippen LogP contribution in [0.3, 0.4) is 0 Å². The third kappa shape index (κ3) is 6.05. The van der Waals surface area contributed by atoms with Gasteiger partial charge in [0.15, 0.2) is 0 Å². The van der Waals surface area contributed by atoms with Gasteiger partial charge in [0.1, 0.15) is 0 Å². The molecule has 0 saturated heterocycles. The van der Waals surface area contributed by atoms with Crippen LogP contribution in [0.5, 0.6) is 0 Å². The Morgan fingerprint density at radius 3 is 2.30 bits per heavy atom. The Balaban J connectivity index is 1.86. The minimum atomic E-state index is 0.0320. The fourth-order valence-electron chi connectivity index (χ4n) is 2.28. The lowest BCUT2D eigenvalue weighted by atomic mass is 10.2. The number of carbonyl (C=O) groups is 1. The second-order valence-electron chi connectivity index (χ2n) is 5.89. The number of halogens is 1. The van der Waals surface area contributed by atoms with Crippen LogP contribution in [0.25, 0.3) is 0 Å². The van der Waals surface area contributed by atoms with Crippen LogP contribution >= 0.6 is 11.6 Å². The maximum atomic E-state index is 12.2. The van der Waals surface area contributed by atoms with Crippen LogP contribution in [0.1, 0.15) is 25.0 Å². The average Bonchev–Trinajstić information content (AvgIpc) is 2.54. The van der Waals surface area contributed by atoms with Gasteiger partial charge in [0, 0.05) is 24.2 Å². The van der Waals surface area contributed by atoms with Crippen molar-refractivity contribution in [3.8, 4) is 0 Å². The van der Waals surface area contributed by atoms with Gasteiger partial charge in [-0.1, -0.05) is 54.1 Å². The van der Waals surface area contributed by atoms with Crippen LogP contribution in [-0.2, 0) is 17.9 Å². The molecule has 4 heteroatoms. The van der Waals surface area contributed by atoms with E-state index in [0.717, 1.165) is 12.1 Å². The van der Waals surface area contributed by atoms with E-state index in [4.69, 9.17) is 11.6 Å². The van der Waals surface area contributed by atoms with Crippen LogP contribution in [0.4, 0.5) is 0 Å². The first-order valence-electron chi connectivity index (χ1n) is 7.83. The van der Waals surface area contributed by atoms with E-state index in [-0.39, 0.29) is 5.91 Å². The van der Waals surface area contributed by atoms with Crippen molar-refractivity contribution >= 4 is 17.5 Å². The molecule has 0 aliphatic heterocycles. The van der Waals surface area contributed by atoms with Gasteiger partial charge in [0.2, 0.25) is 5.91 Å². The lowest BCUT2D eigenvalue weighted by molar-refractivity contribution is -0.123. The van der Waals surface area contributed by atoms with Gasteiger partial charge >= 0.3 is 0 Å². The minimum Gasteiger partial charge on any atom is -0.351 e. The maximum absolute atomic E-state index is 12.2. The summed E-state index contributed by atoms with van der Waals surface area (Å²) in [5.41, 5.74) is 2.26. The molecule has 0 atom stereocenters. The van der Waals surface area contributed by atoms with Crippen molar-refractivity contribution in [2.45, 2.75) is 33.0 Å². The van der Waals surface area contributed by atoms with E-state index in [1.807, 2.05) is 42.5 Å². The van der Waals surface area contributed by atoms with E-state index in [1.165, 1.54) is 5.56 Å². The SMILES string of the molecule is CC(C)N(CC(=O)NCc1ccc(Cl)cc1)Cc1ccccc1. The topological polar surface area (TPSA) is 32.3 Å². The standard InChI is InChI=1S/C19H23ClN2O/c1-15(2)22(13-17-6-4-3-5-7-17)14-19(23)21-12-16-8-10-18(20)11-9-16/h3-11,15H,12-14H2,1-2H3,(H,21,23). The van der Waals surface area contributed by atoms with Crippen molar-refractivity contribution in [2.24, 2.45) is 0 Å². The van der Waals surface area contributed by atoms with Gasteiger partial charge in [0.25, 0.3) is 0 Å². The molecule has 2 aromatic carbocycles. The van der Waals surface area contributed by atoms with Crippen LogP contribution in [0, 0.1) is 0 Å². The first-order chi connectivity index (χ1) is 11.0. The third-order valence-electron chi connectivity index (χ3n) is 3.71. The predicted octanol–water partition coefficient (Wildman–Crippen LogP) is 3.87. The lowest BCUT2D eigenvalue weighted by Crippen LogP contribution is -2.40.